The van der Waals surface area contributed by atoms with Crippen LogP contribution in [0.1, 0.15) is 43.7 Å². The maximum Gasteiger partial charge on any atom is 0.264 e. The van der Waals surface area contributed by atoms with Crippen LogP contribution in [-0.4, -0.2) is 50.4 Å². The van der Waals surface area contributed by atoms with Gasteiger partial charge in [-0.3, -0.25) is 13.9 Å². The summed E-state index contributed by atoms with van der Waals surface area (Å²) < 4.78 is 49.3. The van der Waals surface area contributed by atoms with Crippen molar-refractivity contribution in [1.29, 1.82) is 0 Å². The number of hydrogen-bond acceptors (Lipinski definition) is 5. The Labute approximate surface area is 276 Å². The molecular formula is C37H40FN3O5S. The maximum atomic E-state index is 14.6. The molecule has 0 aliphatic heterocycles. The molecule has 1 saturated carbocycles. The number of anilines is 1. The molecule has 1 aliphatic carbocycles. The Bertz CT molecular complexity index is 1730. The Hall–Kier alpha value is -4.70. The number of halogens is 1. The highest BCUT2D eigenvalue weighted by Crippen LogP contribution is 2.33. The first-order chi connectivity index (χ1) is 22.8. The van der Waals surface area contributed by atoms with Crippen molar-refractivity contribution in [2.75, 3.05) is 17.5 Å². The largest absolute Gasteiger partial charge is 0.492 e. The first-order valence-corrected chi connectivity index (χ1v) is 17.4. The molecule has 1 atom stereocenters. The van der Waals surface area contributed by atoms with Gasteiger partial charge in [-0.1, -0.05) is 85.6 Å². The van der Waals surface area contributed by atoms with Gasteiger partial charge in [0.05, 0.1) is 17.2 Å². The molecule has 4 aromatic carbocycles. The topological polar surface area (TPSA) is 96.0 Å². The zero-order valence-corrected chi connectivity index (χ0v) is 27.2. The molecule has 0 unspecified atom stereocenters. The number of nitrogens with one attached hydrogen (secondary N) is 1. The summed E-state index contributed by atoms with van der Waals surface area (Å²) in [6, 6.07) is 28.7. The molecule has 0 heterocycles. The van der Waals surface area contributed by atoms with E-state index in [4.69, 9.17) is 4.74 Å². The number of para-hydroxylation sites is 2. The van der Waals surface area contributed by atoms with Crippen LogP contribution in [0.25, 0.3) is 0 Å². The van der Waals surface area contributed by atoms with E-state index < -0.39 is 34.3 Å². The van der Waals surface area contributed by atoms with Gasteiger partial charge in [-0.25, -0.2) is 12.8 Å². The molecule has 0 aromatic heterocycles. The van der Waals surface area contributed by atoms with Crippen LogP contribution in [0.4, 0.5) is 10.1 Å². The summed E-state index contributed by atoms with van der Waals surface area (Å²) in [6.45, 7) is 1.42. The van der Waals surface area contributed by atoms with Crippen molar-refractivity contribution in [3.63, 3.8) is 0 Å². The van der Waals surface area contributed by atoms with Gasteiger partial charge in [0.1, 0.15) is 24.2 Å². The van der Waals surface area contributed by atoms with Gasteiger partial charge in [0.15, 0.2) is 0 Å². The fourth-order valence-electron chi connectivity index (χ4n) is 5.88. The van der Waals surface area contributed by atoms with E-state index in [9.17, 15) is 22.4 Å². The van der Waals surface area contributed by atoms with Crippen LogP contribution < -0.4 is 14.4 Å². The molecule has 4 aromatic rings. The normalized spacial score (nSPS) is 13.9. The second kappa shape index (κ2) is 15.7. The first-order valence-electron chi connectivity index (χ1n) is 15.9. The number of sulfonamides is 1. The third kappa shape index (κ3) is 8.56. The van der Waals surface area contributed by atoms with Gasteiger partial charge >= 0.3 is 0 Å². The van der Waals surface area contributed by atoms with E-state index >= 15 is 0 Å². The third-order valence-corrected chi connectivity index (χ3v) is 10.1. The summed E-state index contributed by atoms with van der Waals surface area (Å²) >= 11 is 0. The van der Waals surface area contributed by atoms with E-state index in [-0.39, 0.29) is 42.1 Å². The van der Waals surface area contributed by atoms with Crippen LogP contribution in [0.5, 0.6) is 5.75 Å². The van der Waals surface area contributed by atoms with Crippen molar-refractivity contribution in [3.8, 4) is 5.75 Å². The van der Waals surface area contributed by atoms with Gasteiger partial charge in [-0.2, -0.15) is 0 Å². The Kier molecular flexibility index (Phi) is 11.3. The first kappa shape index (κ1) is 33.7. The van der Waals surface area contributed by atoms with Crippen LogP contribution in [0.15, 0.2) is 114 Å². The lowest BCUT2D eigenvalue weighted by atomic mass is 10.0. The molecule has 246 valence electrons. The number of carbonyl (C=O) groups is 2. The van der Waals surface area contributed by atoms with Gasteiger partial charge in [0.2, 0.25) is 11.8 Å². The molecule has 1 fully saturated rings. The summed E-state index contributed by atoms with van der Waals surface area (Å²) in [4.78, 5) is 30.2. The highest BCUT2D eigenvalue weighted by Gasteiger charge is 2.36. The minimum absolute atomic E-state index is 0.00317. The molecule has 8 nitrogen and oxygen atoms in total. The fraction of sp³-hybridized carbons (Fsp3) is 0.297. The molecule has 10 heteroatoms. The third-order valence-electron chi connectivity index (χ3n) is 8.28. The summed E-state index contributed by atoms with van der Waals surface area (Å²) in [6.07, 6.45) is 3.93. The Morgan fingerprint density at radius 2 is 1.47 bits per heavy atom. The molecule has 0 bridgehead atoms. The number of nitrogens with zero attached hydrogens (tertiary/aromatic N) is 2. The van der Waals surface area contributed by atoms with E-state index in [2.05, 4.69) is 5.32 Å². The molecule has 0 spiro atoms. The molecule has 47 heavy (non-hydrogen) atoms. The quantitative estimate of drug-likeness (QED) is 0.176. The van der Waals surface area contributed by atoms with Gasteiger partial charge in [-0.15, -0.1) is 0 Å². The van der Waals surface area contributed by atoms with Crippen molar-refractivity contribution >= 4 is 27.5 Å². The predicted molar refractivity (Wildman–Crippen MR) is 180 cm³/mol. The van der Waals surface area contributed by atoms with Crippen LogP contribution in [-0.2, 0) is 32.6 Å². The van der Waals surface area contributed by atoms with Crippen molar-refractivity contribution in [2.24, 2.45) is 0 Å². The van der Waals surface area contributed by atoms with Crippen LogP contribution in [0.2, 0.25) is 0 Å². The molecule has 1 N–H and O–H groups in total. The molecule has 0 radical (unpaired) electrons. The highest BCUT2D eigenvalue weighted by atomic mass is 32.2. The van der Waals surface area contributed by atoms with E-state index in [1.165, 1.54) is 29.2 Å². The Morgan fingerprint density at radius 1 is 0.851 bits per heavy atom. The maximum absolute atomic E-state index is 14.6. The van der Waals surface area contributed by atoms with E-state index in [0.717, 1.165) is 35.6 Å². The molecule has 0 saturated heterocycles. The zero-order chi connectivity index (χ0) is 33.2. The minimum Gasteiger partial charge on any atom is -0.492 e. The second-order valence-electron chi connectivity index (χ2n) is 11.6. The Morgan fingerprint density at radius 3 is 2.13 bits per heavy atom. The minimum atomic E-state index is -4.27. The van der Waals surface area contributed by atoms with Crippen molar-refractivity contribution in [1.82, 2.24) is 10.2 Å². The standard InChI is InChI=1S/C37H40FN3O5S/c1-2-46-35-20-12-11-19-33(35)41(47(44,45)32-17-7-4-8-18-32)27-36(42)40(26-29-21-23-30(38)24-22-29)34(25-28-13-5-3-6-14-28)37(43)39-31-15-9-10-16-31/h3-8,11-14,17-24,31,34H,2,9-10,15-16,25-27H2,1H3,(H,39,43)/t34-/m1/s1. The van der Waals surface area contributed by atoms with Crippen LogP contribution in [0.3, 0.4) is 0 Å². The summed E-state index contributed by atoms with van der Waals surface area (Å²) in [5.41, 5.74) is 1.63. The lowest BCUT2D eigenvalue weighted by molar-refractivity contribution is -0.140. The van der Waals surface area contributed by atoms with Gasteiger partial charge in [0.25, 0.3) is 10.0 Å². The smallest absolute Gasteiger partial charge is 0.264 e. The highest BCUT2D eigenvalue weighted by molar-refractivity contribution is 7.92. The lowest BCUT2D eigenvalue weighted by Crippen LogP contribution is -2.54. The number of carbonyl (C=O) groups excluding carboxylic acids is 2. The summed E-state index contributed by atoms with van der Waals surface area (Å²) in [5.74, 6) is -1.04. The molecule has 2 amide bonds. The van der Waals surface area contributed by atoms with Crippen LogP contribution in [0, 0.1) is 5.82 Å². The fourth-order valence-corrected chi connectivity index (χ4v) is 7.33. The number of ether oxygens (including phenoxy) is 1. The molecular weight excluding hydrogens is 617 g/mol. The van der Waals surface area contributed by atoms with Gasteiger partial charge in [0, 0.05) is 19.0 Å². The number of amides is 2. The molecule has 1 aliphatic rings. The number of hydrogen-bond donors (Lipinski definition) is 1. The van der Waals surface area contributed by atoms with E-state index in [1.807, 2.05) is 30.3 Å². The molecule has 5 rings (SSSR count). The average Bonchev–Trinajstić information content (AvgIpc) is 3.60. The van der Waals surface area contributed by atoms with E-state index in [1.54, 1.807) is 61.5 Å². The monoisotopic (exact) mass is 657 g/mol. The zero-order valence-electron chi connectivity index (χ0n) is 26.4. The van der Waals surface area contributed by atoms with Crippen molar-refractivity contribution < 1.29 is 27.1 Å². The predicted octanol–water partition coefficient (Wildman–Crippen LogP) is 6.12. The lowest BCUT2D eigenvalue weighted by Gasteiger charge is -2.34. The van der Waals surface area contributed by atoms with E-state index in [0.29, 0.717) is 11.3 Å². The number of benzene rings is 4. The van der Waals surface area contributed by atoms with Gasteiger partial charge in [-0.05, 0) is 67.3 Å². The van der Waals surface area contributed by atoms with Crippen molar-refractivity contribution in [3.05, 3.63) is 126 Å². The summed E-state index contributed by atoms with van der Waals surface area (Å²) in [5, 5.41) is 3.15. The second-order valence-corrected chi connectivity index (χ2v) is 13.4. The Balaban J connectivity index is 1.58. The van der Waals surface area contributed by atoms with Gasteiger partial charge < -0.3 is 15.0 Å². The SMILES string of the molecule is CCOc1ccccc1N(CC(=O)N(Cc1ccc(F)cc1)[C@H](Cc1ccccc1)C(=O)NC1CCCC1)S(=O)(=O)c1ccccc1. The van der Waals surface area contributed by atoms with Crippen LogP contribution >= 0.6 is 0 Å². The number of rotatable bonds is 14. The average molecular weight is 658 g/mol. The summed E-state index contributed by atoms with van der Waals surface area (Å²) in [7, 11) is -4.27. The van der Waals surface area contributed by atoms with Crippen molar-refractivity contribution in [2.45, 2.75) is 62.6 Å².